The molecule has 0 saturated carbocycles. The van der Waals surface area contributed by atoms with Crippen LogP contribution >= 0.6 is 11.3 Å². The van der Waals surface area contributed by atoms with Crippen LogP contribution < -0.4 is 24.8 Å². The summed E-state index contributed by atoms with van der Waals surface area (Å²) in [6, 6.07) is 16.4. The van der Waals surface area contributed by atoms with Gasteiger partial charge in [0.25, 0.3) is 0 Å². The number of rotatable bonds is 7. The minimum Gasteiger partial charge on any atom is -0.442 e. The van der Waals surface area contributed by atoms with Crippen molar-refractivity contribution in [3.8, 4) is 5.75 Å². The maximum atomic E-state index is 15.1. The van der Waals surface area contributed by atoms with Gasteiger partial charge in [0.1, 0.15) is 17.7 Å². The fraction of sp³-hybridized carbons (Fsp3) is 0.280. The zero-order valence-corrected chi connectivity index (χ0v) is 20.9. The zero-order chi connectivity index (χ0) is 26.6. The van der Waals surface area contributed by atoms with Crippen LogP contribution in [0.5, 0.6) is 5.75 Å². The quantitative estimate of drug-likeness (QED) is 0.349. The van der Waals surface area contributed by atoms with E-state index < -0.39 is 29.0 Å². The summed E-state index contributed by atoms with van der Waals surface area (Å²) in [7, 11) is 0. The molecule has 1 N–H and O–H groups in total. The van der Waals surface area contributed by atoms with Gasteiger partial charge >= 0.3 is 17.2 Å². The van der Waals surface area contributed by atoms with E-state index in [1.54, 1.807) is 48.5 Å². The molecule has 0 radical (unpaired) electrons. The summed E-state index contributed by atoms with van der Waals surface area (Å²) in [5, 5.41) is 14.4. The second-order valence-corrected chi connectivity index (χ2v) is 9.72. The topological polar surface area (TPSA) is 117 Å². The number of hydrogen-bond donors (Lipinski definition) is 1. The highest BCUT2D eigenvalue weighted by molar-refractivity contribution is 7.19. The lowest BCUT2D eigenvalue weighted by Gasteiger charge is -2.36. The van der Waals surface area contributed by atoms with Gasteiger partial charge in [0.05, 0.1) is 34.4 Å². The average molecular weight is 542 g/mol. The Kier molecular flexibility index (Phi) is 7.26. The first-order valence-electron chi connectivity index (χ1n) is 11.9. The van der Waals surface area contributed by atoms with Crippen molar-refractivity contribution < 1.29 is 28.4 Å². The molecule has 2 saturated heterocycles. The molecule has 2 aromatic carbocycles. The first-order valence-corrected chi connectivity index (χ1v) is 12.7. The lowest BCUT2D eigenvalue weighted by Crippen LogP contribution is -2.46. The molecule has 1 aromatic heterocycles. The van der Waals surface area contributed by atoms with Crippen LogP contribution in [0, 0.1) is 15.9 Å². The minimum atomic E-state index is -0.668. The number of halogens is 1. The van der Waals surface area contributed by atoms with Crippen molar-refractivity contribution in [3.63, 3.8) is 0 Å². The van der Waals surface area contributed by atoms with Crippen molar-refractivity contribution in [2.75, 3.05) is 54.0 Å². The molecule has 13 heteroatoms. The highest BCUT2D eigenvalue weighted by Crippen LogP contribution is 2.33. The van der Waals surface area contributed by atoms with Crippen LogP contribution in [0.25, 0.3) is 0 Å². The standard InChI is InChI=1S/C25H24FN5O6S/c26-20-14-17(30-16-19(37-25(30)33)15-27-24(32)36-18-4-2-1-3-5-18)6-7-21(20)28-10-12-29(13-11-28)22-8-9-23(38-22)31(34)35/h1-9,14,19H,10-13,15-16H2,(H,27,32)/t19-/m0/s1. The highest BCUT2D eigenvalue weighted by Gasteiger charge is 2.33. The second kappa shape index (κ2) is 10.9. The predicted molar refractivity (Wildman–Crippen MR) is 140 cm³/mol. The monoisotopic (exact) mass is 541 g/mol. The maximum absolute atomic E-state index is 15.1. The SMILES string of the molecule is O=C(NC[C@H]1CN(c2ccc(N3CCN(c4ccc([N+](=O)[O-])s4)CC3)c(F)c2)C(=O)O1)Oc1ccccc1. The van der Waals surface area contributed by atoms with Gasteiger partial charge in [-0.05, 0) is 47.7 Å². The van der Waals surface area contributed by atoms with Crippen molar-refractivity contribution in [2.45, 2.75) is 6.10 Å². The number of benzene rings is 2. The molecule has 2 amide bonds. The Labute approximate surface area is 221 Å². The summed E-state index contributed by atoms with van der Waals surface area (Å²) in [6.07, 6.45) is -1.91. The van der Waals surface area contributed by atoms with E-state index in [0.717, 1.165) is 16.3 Å². The molecule has 38 heavy (non-hydrogen) atoms. The van der Waals surface area contributed by atoms with Crippen molar-refractivity contribution in [1.29, 1.82) is 0 Å². The molecule has 3 heterocycles. The third-order valence-electron chi connectivity index (χ3n) is 6.23. The number of thiophene rings is 1. The maximum Gasteiger partial charge on any atom is 0.414 e. The number of ether oxygens (including phenoxy) is 2. The molecule has 2 aliphatic rings. The fourth-order valence-corrected chi connectivity index (χ4v) is 5.21. The van der Waals surface area contributed by atoms with Gasteiger partial charge in [-0.1, -0.05) is 18.2 Å². The lowest BCUT2D eigenvalue weighted by molar-refractivity contribution is -0.380. The largest absolute Gasteiger partial charge is 0.442 e. The van der Waals surface area contributed by atoms with E-state index in [1.165, 1.54) is 17.0 Å². The highest BCUT2D eigenvalue weighted by atomic mass is 32.1. The van der Waals surface area contributed by atoms with Crippen molar-refractivity contribution >= 4 is 44.9 Å². The van der Waals surface area contributed by atoms with E-state index >= 15 is 4.39 Å². The number of amides is 2. The molecule has 5 rings (SSSR count). The van der Waals surface area contributed by atoms with Crippen LogP contribution in [0.2, 0.25) is 0 Å². The fourth-order valence-electron chi connectivity index (χ4n) is 4.34. The molecule has 0 unspecified atom stereocenters. The number of nitro groups is 1. The summed E-state index contributed by atoms with van der Waals surface area (Å²) in [5.74, 6) is -0.0777. The number of hydrogen-bond acceptors (Lipinski definition) is 9. The smallest absolute Gasteiger partial charge is 0.414 e. The van der Waals surface area contributed by atoms with E-state index in [1.807, 2.05) is 9.80 Å². The van der Waals surface area contributed by atoms with E-state index in [9.17, 15) is 19.7 Å². The van der Waals surface area contributed by atoms with E-state index in [-0.39, 0.29) is 18.1 Å². The van der Waals surface area contributed by atoms with Crippen molar-refractivity contribution in [3.05, 3.63) is 76.6 Å². The molecule has 2 aliphatic heterocycles. The Bertz CT molecular complexity index is 1330. The Morgan fingerprint density at radius 2 is 1.84 bits per heavy atom. The Morgan fingerprint density at radius 3 is 2.53 bits per heavy atom. The minimum absolute atomic E-state index is 0.0478. The van der Waals surface area contributed by atoms with Crippen LogP contribution in [0.3, 0.4) is 0 Å². The predicted octanol–water partition coefficient (Wildman–Crippen LogP) is 4.24. The van der Waals surface area contributed by atoms with E-state index in [2.05, 4.69) is 5.32 Å². The van der Waals surface area contributed by atoms with Gasteiger partial charge in [-0.25, -0.2) is 14.0 Å². The van der Waals surface area contributed by atoms with Gasteiger partial charge < -0.3 is 24.6 Å². The Balaban J connectivity index is 1.14. The number of carbonyl (C=O) groups excluding carboxylic acids is 2. The Morgan fingerprint density at radius 1 is 1.11 bits per heavy atom. The average Bonchev–Trinajstić information content (AvgIpc) is 3.56. The Hall–Kier alpha value is -4.39. The first-order chi connectivity index (χ1) is 18.4. The number of carbonyl (C=O) groups is 2. The second-order valence-electron chi connectivity index (χ2n) is 8.68. The van der Waals surface area contributed by atoms with Gasteiger partial charge in [0.15, 0.2) is 0 Å². The van der Waals surface area contributed by atoms with Gasteiger partial charge in [-0.15, -0.1) is 0 Å². The number of cyclic esters (lactones) is 1. The van der Waals surface area contributed by atoms with Crippen LogP contribution in [-0.4, -0.2) is 62.5 Å². The zero-order valence-electron chi connectivity index (χ0n) is 20.1. The van der Waals surface area contributed by atoms with Crippen LogP contribution in [0.4, 0.5) is 35.4 Å². The van der Waals surface area contributed by atoms with Gasteiger partial charge in [-0.2, -0.15) is 0 Å². The number of para-hydroxylation sites is 1. The summed E-state index contributed by atoms with van der Waals surface area (Å²) in [4.78, 5) is 40.2. The molecule has 0 spiro atoms. The van der Waals surface area contributed by atoms with Crippen LogP contribution in [0.1, 0.15) is 0 Å². The van der Waals surface area contributed by atoms with Crippen LogP contribution in [0.15, 0.2) is 60.7 Å². The number of piperazine rings is 1. The molecule has 3 aromatic rings. The number of nitrogens with one attached hydrogen (secondary N) is 1. The summed E-state index contributed by atoms with van der Waals surface area (Å²) < 4.78 is 25.6. The number of anilines is 3. The molecule has 2 fully saturated rings. The first kappa shape index (κ1) is 25.3. The molecular weight excluding hydrogens is 517 g/mol. The molecular formula is C25H24FN5O6S. The summed E-state index contributed by atoms with van der Waals surface area (Å²) >= 11 is 1.12. The number of nitrogens with zero attached hydrogens (tertiary/aromatic N) is 4. The third kappa shape index (κ3) is 5.62. The van der Waals surface area contributed by atoms with Gasteiger partial charge in [0, 0.05) is 32.2 Å². The van der Waals surface area contributed by atoms with Crippen LogP contribution in [-0.2, 0) is 4.74 Å². The normalized spacial score (nSPS) is 17.3. The molecule has 11 nitrogen and oxygen atoms in total. The van der Waals surface area contributed by atoms with Crippen molar-refractivity contribution in [1.82, 2.24) is 5.32 Å². The van der Waals surface area contributed by atoms with Gasteiger partial charge in [-0.3, -0.25) is 15.0 Å². The van der Waals surface area contributed by atoms with Gasteiger partial charge in [0.2, 0.25) is 0 Å². The molecule has 1 atom stereocenters. The molecule has 0 aliphatic carbocycles. The molecule has 198 valence electrons. The third-order valence-corrected chi connectivity index (χ3v) is 7.33. The molecule has 0 bridgehead atoms. The summed E-state index contributed by atoms with van der Waals surface area (Å²) in [6.45, 7) is 2.47. The van der Waals surface area contributed by atoms with E-state index in [4.69, 9.17) is 9.47 Å². The van der Waals surface area contributed by atoms with Crippen molar-refractivity contribution in [2.24, 2.45) is 0 Å². The van der Waals surface area contributed by atoms with E-state index in [0.29, 0.717) is 43.3 Å². The summed E-state index contributed by atoms with van der Waals surface area (Å²) in [5.41, 5.74) is 0.773. The lowest BCUT2D eigenvalue weighted by atomic mass is 10.2.